The maximum atomic E-state index is 11.8. The van der Waals surface area contributed by atoms with E-state index in [1.165, 1.54) is 26.4 Å². The van der Waals surface area contributed by atoms with Crippen LogP contribution in [0, 0.1) is 0 Å². The van der Waals surface area contributed by atoms with Gasteiger partial charge in [0.25, 0.3) is 0 Å². The summed E-state index contributed by atoms with van der Waals surface area (Å²) in [4.78, 5) is 14.3. The molecule has 0 aliphatic carbocycles. The molecule has 0 aromatic rings. The van der Waals surface area contributed by atoms with Gasteiger partial charge in [-0.3, -0.25) is 4.79 Å². The number of hydrogen-bond donors (Lipinski definition) is 1. The monoisotopic (exact) mass is 242 g/mol. The Morgan fingerprint density at radius 1 is 1.41 bits per heavy atom. The van der Waals surface area contributed by atoms with Gasteiger partial charge in [-0.15, -0.1) is 0 Å². The first-order valence-corrected chi connectivity index (χ1v) is 6.55. The second kappa shape index (κ2) is 6.36. The maximum Gasteiger partial charge on any atom is 0.325 e. The Balaban J connectivity index is 2.57. The number of ether oxygens (including phenoxy) is 1. The van der Waals surface area contributed by atoms with Crippen molar-refractivity contribution in [2.45, 2.75) is 51.1 Å². The Morgan fingerprint density at radius 3 is 2.47 bits per heavy atom. The van der Waals surface area contributed by atoms with Gasteiger partial charge in [-0.25, -0.2) is 0 Å². The number of nitrogens with one attached hydrogen (secondary N) is 1. The van der Waals surface area contributed by atoms with Gasteiger partial charge in [0, 0.05) is 6.04 Å². The van der Waals surface area contributed by atoms with Crippen LogP contribution in [0.1, 0.15) is 39.5 Å². The normalized spacial score (nSPS) is 22.8. The lowest BCUT2D eigenvalue weighted by atomic mass is 9.92. The van der Waals surface area contributed by atoms with Crippen molar-refractivity contribution in [1.29, 1.82) is 0 Å². The van der Waals surface area contributed by atoms with Crippen LogP contribution < -0.4 is 5.32 Å². The van der Waals surface area contributed by atoms with Gasteiger partial charge < -0.3 is 15.0 Å². The summed E-state index contributed by atoms with van der Waals surface area (Å²) in [6, 6.07) is 0.409. The highest BCUT2D eigenvalue weighted by Crippen LogP contribution is 2.20. The van der Waals surface area contributed by atoms with Gasteiger partial charge in [0.05, 0.1) is 7.11 Å². The molecule has 1 heterocycles. The number of likely N-dealkylation sites (tertiary alicyclic amines) is 1. The molecule has 100 valence electrons. The zero-order chi connectivity index (χ0) is 12.9. The second-order valence-electron chi connectivity index (χ2n) is 5.22. The van der Waals surface area contributed by atoms with Crippen molar-refractivity contribution in [2.75, 3.05) is 27.2 Å². The molecule has 1 rings (SSSR count). The van der Waals surface area contributed by atoms with Crippen molar-refractivity contribution in [1.82, 2.24) is 10.2 Å². The first kappa shape index (κ1) is 14.5. The molecule has 2 unspecified atom stereocenters. The third kappa shape index (κ3) is 3.68. The van der Waals surface area contributed by atoms with Crippen molar-refractivity contribution in [3.8, 4) is 0 Å². The molecule has 17 heavy (non-hydrogen) atoms. The van der Waals surface area contributed by atoms with Crippen molar-refractivity contribution in [3.05, 3.63) is 0 Å². The van der Waals surface area contributed by atoms with E-state index in [1.54, 1.807) is 0 Å². The molecule has 0 aromatic heterocycles. The smallest absolute Gasteiger partial charge is 0.325 e. The van der Waals surface area contributed by atoms with Crippen LogP contribution in [0.5, 0.6) is 0 Å². The minimum Gasteiger partial charge on any atom is -0.468 e. The molecule has 0 bridgehead atoms. The Bertz CT molecular complexity index is 252. The Labute approximate surface area is 105 Å². The highest BCUT2D eigenvalue weighted by atomic mass is 16.5. The molecule has 1 aliphatic heterocycles. The second-order valence-corrected chi connectivity index (χ2v) is 5.22. The summed E-state index contributed by atoms with van der Waals surface area (Å²) in [6.45, 7) is 6.42. The number of likely N-dealkylation sites (N-methyl/N-ethyl adjacent to an activating group) is 1. The van der Waals surface area contributed by atoms with E-state index in [4.69, 9.17) is 4.74 Å². The summed E-state index contributed by atoms with van der Waals surface area (Å²) < 4.78 is 4.87. The molecule has 4 heteroatoms. The fraction of sp³-hybridized carbons (Fsp3) is 0.923. The summed E-state index contributed by atoms with van der Waals surface area (Å²) in [6.07, 6.45) is 4.68. The Morgan fingerprint density at radius 2 is 2.00 bits per heavy atom. The lowest BCUT2D eigenvalue weighted by molar-refractivity contribution is -0.148. The first-order valence-electron chi connectivity index (χ1n) is 6.55. The number of carbonyl (C=O) groups is 1. The van der Waals surface area contributed by atoms with Crippen LogP contribution in [0.4, 0.5) is 0 Å². The number of hydrogen-bond acceptors (Lipinski definition) is 4. The van der Waals surface area contributed by atoms with E-state index in [-0.39, 0.29) is 5.97 Å². The molecule has 4 nitrogen and oxygen atoms in total. The summed E-state index contributed by atoms with van der Waals surface area (Å²) in [7, 11) is 3.27. The number of piperidine rings is 1. The van der Waals surface area contributed by atoms with Crippen molar-refractivity contribution in [3.63, 3.8) is 0 Å². The summed E-state index contributed by atoms with van der Waals surface area (Å²) >= 11 is 0. The standard InChI is InChI=1S/C13H26N2O2/c1-11(15-8-6-5-7-9-15)10-13(2,14-3)12(16)17-4/h11,14H,5-10H2,1-4H3. The van der Waals surface area contributed by atoms with Gasteiger partial charge in [0.1, 0.15) is 5.54 Å². The van der Waals surface area contributed by atoms with Crippen molar-refractivity contribution < 1.29 is 9.53 Å². The van der Waals surface area contributed by atoms with E-state index in [9.17, 15) is 4.79 Å². The third-order valence-electron chi connectivity index (χ3n) is 3.91. The van der Waals surface area contributed by atoms with E-state index < -0.39 is 5.54 Å². The van der Waals surface area contributed by atoms with Crippen molar-refractivity contribution >= 4 is 5.97 Å². The minimum absolute atomic E-state index is 0.177. The quantitative estimate of drug-likeness (QED) is 0.740. The SMILES string of the molecule is CNC(C)(CC(C)N1CCCCC1)C(=O)OC. The molecular formula is C13H26N2O2. The number of methoxy groups -OCH3 is 1. The highest BCUT2D eigenvalue weighted by molar-refractivity contribution is 5.80. The van der Waals surface area contributed by atoms with E-state index in [0.29, 0.717) is 6.04 Å². The van der Waals surface area contributed by atoms with Crippen LogP contribution in [0.15, 0.2) is 0 Å². The molecule has 0 amide bonds. The summed E-state index contributed by atoms with van der Waals surface area (Å²) in [5.41, 5.74) is -0.578. The van der Waals surface area contributed by atoms with Gasteiger partial charge >= 0.3 is 5.97 Å². The van der Waals surface area contributed by atoms with Crippen LogP contribution >= 0.6 is 0 Å². The summed E-state index contributed by atoms with van der Waals surface area (Å²) in [5.74, 6) is -0.177. The zero-order valence-corrected chi connectivity index (χ0v) is 11.6. The highest BCUT2D eigenvalue weighted by Gasteiger charge is 2.35. The molecule has 1 aliphatic rings. The van der Waals surface area contributed by atoms with Crippen LogP contribution in [-0.4, -0.2) is 49.7 Å². The average Bonchev–Trinajstić information content (AvgIpc) is 2.38. The zero-order valence-electron chi connectivity index (χ0n) is 11.6. The molecule has 0 spiro atoms. The van der Waals surface area contributed by atoms with Crippen LogP contribution in [-0.2, 0) is 9.53 Å². The lowest BCUT2D eigenvalue weighted by Crippen LogP contribution is -2.53. The number of esters is 1. The van der Waals surface area contributed by atoms with Crippen LogP contribution in [0.2, 0.25) is 0 Å². The topological polar surface area (TPSA) is 41.6 Å². The predicted molar refractivity (Wildman–Crippen MR) is 69.0 cm³/mol. The molecule has 1 saturated heterocycles. The van der Waals surface area contributed by atoms with Gasteiger partial charge in [0.15, 0.2) is 0 Å². The van der Waals surface area contributed by atoms with E-state index in [2.05, 4.69) is 17.1 Å². The van der Waals surface area contributed by atoms with Gasteiger partial charge in [0.2, 0.25) is 0 Å². The molecule has 0 saturated carbocycles. The largest absolute Gasteiger partial charge is 0.468 e. The Hall–Kier alpha value is -0.610. The molecule has 0 aromatic carbocycles. The summed E-state index contributed by atoms with van der Waals surface area (Å²) in [5, 5.41) is 3.10. The third-order valence-corrected chi connectivity index (χ3v) is 3.91. The fourth-order valence-electron chi connectivity index (χ4n) is 2.59. The molecule has 1 N–H and O–H groups in total. The average molecular weight is 242 g/mol. The number of carbonyl (C=O) groups excluding carboxylic acids is 1. The van der Waals surface area contributed by atoms with Gasteiger partial charge in [-0.2, -0.15) is 0 Å². The molecule has 2 atom stereocenters. The fourth-order valence-corrected chi connectivity index (χ4v) is 2.59. The van der Waals surface area contributed by atoms with E-state index in [0.717, 1.165) is 19.5 Å². The number of rotatable bonds is 5. The minimum atomic E-state index is -0.578. The molecule has 0 radical (unpaired) electrons. The Kier molecular flexibility index (Phi) is 5.40. The van der Waals surface area contributed by atoms with Gasteiger partial charge in [-0.1, -0.05) is 6.42 Å². The first-order chi connectivity index (χ1) is 8.03. The lowest BCUT2D eigenvalue weighted by Gasteiger charge is -2.37. The van der Waals surface area contributed by atoms with E-state index >= 15 is 0 Å². The van der Waals surface area contributed by atoms with Crippen molar-refractivity contribution in [2.24, 2.45) is 0 Å². The molecular weight excluding hydrogens is 216 g/mol. The molecule has 1 fully saturated rings. The van der Waals surface area contributed by atoms with E-state index in [1.807, 2.05) is 14.0 Å². The number of nitrogens with zero attached hydrogens (tertiary/aromatic N) is 1. The van der Waals surface area contributed by atoms with Crippen LogP contribution in [0.25, 0.3) is 0 Å². The predicted octanol–water partition coefficient (Wildman–Crippen LogP) is 1.40. The van der Waals surface area contributed by atoms with Crippen LogP contribution in [0.3, 0.4) is 0 Å². The van der Waals surface area contributed by atoms with Gasteiger partial charge in [-0.05, 0) is 53.2 Å². The maximum absolute atomic E-state index is 11.8.